The fraction of sp³-hybridized carbons (Fsp3) is 0.250. The molecule has 0 saturated carbocycles. The Labute approximate surface area is 123 Å². The predicted octanol–water partition coefficient (Wildman–Crippen LogP) is 2.22. The number of guanidine groups is 1. The molecule has 0 aliphatic heterocycles. The summed E-state index contributed by atoms with van der Waals surface area (Å²) in [6.07, 6.45) is 0. The second-order valence-corrected chi connectivity index (χ2v) is 3.89. The average molecular weight is 357 g/mol. The Morgan fingerprint density at radius 2 is 2.00 bits per heavy atom. The van der Waals surface area contributed by atoms with Crippen molar-refractivity contribution in [1.82, 2.24) is 9.97 Å². The van der Waals surface area contributed by atoms with Gasteiger partial charge in [-0.3, -0.25) is 10.3 Å². The lowest BCUT2D eigenvalue weighted by Gasteiger charge is -2.07. The number of fused-ring (bicyclic) bond motifs is 1. The molecule has 0 amide bonds. The predicted molar refractivity (Wildman–Crippen MR) is 85.6 cm³/mol. The molecule has 96 valence electrons. The van der Waals surface area contributed by atoms with Crippen LogP contribution in [0.5, 0.6) is 0 Å². The minimum absolute atomic E-state index is 0. The molecule has 3 N–H and O–H groups in total. The van der Waals surface area contributed by atoms with Crippen LogP contribution in [0.1, 0.15) is 11.3 Å². The zero-order chi connectivity index (χ0) is 12.4. The smallest absolute Gasteiger partial charge is 0.230 e. The van der Waals surface area contributed by atoms with E-state index in [4.69, 9.17) is 5.73 Å². The van der Waals surface area contributed by atoms with Crippen LogP contribution in [0.25, 0.3) is 10.9 Å². The van der Waals surface area contributed by atoms with Crippen LogP contribution in [0, 0.1) is 13.8 Å². The van der Waals surface area contributed by atoms with E-state index in [1.807, 2.05) is 26.0 Å². The molecule has 0 aliphatic rings. The Kier molecular flexibility index (Phi) is 4.83. The van der Waals surface area contributed by atoms with E-state index in [-0.39, 0.29) is 24.0 Å². The normalized spacial score (nSPS) is 11.2. The Morgan fingerprint density at radius 1 is 1.28 bits per heavy atom. The molecule has 0 spiro atoms. The minimum atomic E-state index is 0. The van der Waals surface area contributed by atoms with Crippen LogP contribution in [0.4, 0.5) is 5.95 Å². The van der Waals surface area contributed by atoms with Gasteiger partial charge in [-0.25, -0.2) is 9.97 Å². The maximum atomic E-state index is 5.58. The van der Waals surface area contributed by atoms with E-state index in [2.05, 4.69) is 26.3 Å². The van der Waals surface area contributed by atoms with E-state index in [0.717, 1.165) is 16.6 Å². The summed E-state index contributed by atoms with van der Waals surface area (Å²) in [5.74, 6) is 0.776. The molecule has 0 atom stereocenters. The first-order valence-electron chi connectivity index (χ1n) is 5.34. The van der Waals surface area contributed by atoms with Crippen molar-refractivity contribution in [2.24, 2.45) is 10.7 Å². The van der Waals surface area contributed by atoms with Gasteiger partial charge in [0.1, 0.15) is 0 Å². The summed E-state index contributed by atoms with van der Waals surface area (Å²) in [4.78, 5) is 12.5. The van der Waals surface area contributed by atoms with Crippen LogP contribution >= 0.6 is 24.0 Å². The van der Waals surface area contributed by atoms with E-state index >= 15 is 0 Å². The van der Waals surface area contributed by atoms with Crippen molar-refractivity contribution in [3.63, 3.8) is 0 Å². The molecule has 0 fully saturated rings. The highest BCUT2D eigenvalue weighted by atomic mass is 127. The lowest BCUT2D eigenvalue weighted by atomic mass is 10.1. The lowest BCUT2D eigenvalue weighted by Crippen LogP contribution is -2.23. The molecule has 1 aromatic carbocycles. The molecule has 2 rings (SSSR count). The first-order chi connectivity index (χ1) is 8.10. The number of halogens is 1. The molecule has 6 heteroatoms. The van der Waals surface area contributed by atoms with E-state index in [0.29, 0.717) is 11.9 Å². The number of aliphatic imine (C=N–C) groups is 1. The van der Waals surface area contributed by atoms with Gasteiger partial charge in [-0.05, 0) is 26.0 Å². The van der Waals surface area contributed by atoms with Gasteiger partial charge in [0, 0.05) is 12.4 Å². The van der Waals surface area contributed by atoms with Crippen molar-refractivity contribution in [3.8, 4) is 0 Å². The molecular weight excluding hydrogens is 341 g/mol. The van der Waals surface area contributed by atoms with Crippen molar-refractivity contribution in [3.05, 3.63) is 29.5 Å². The van der Waals surface area contributed by atoms with Gasteiger partial charge in [-0.1, -0.05) is 11.6 Å². The van der Waals surface area contributed by atoms with Crippen molar-refractivity contribution in [1.29, 1.82) is 0 Å². The van der Waals surface area contributed by atoms with E-state index in [9.17, 15) is 0 Å². The Balaban J connectivity index is 0.00000162. The van der Waals surface area contributed by atoms with E-state index in [1.54, 1.807) is 7.05 Å². The molecule has 0 bridgehead atoms. The van der Waals surface area contributed by atoms with Gasteiger partial charge in [0.15, 0.2) is 5.96 Å². The maximum absolute atomic E-state index is 5.58. The molecule has 2 aromatic rings. The summed E-state index contributed by atoms with van der Waals surface area (Å²) in [5.41, 5.74) is 8.60. The number of anilines is 1. The number of nitrogens with two attached hydrogens (primary N) is 1. The molecule has 0 saturated heterocycles. The minimum Gasteiger partial charge on any atom is -0.370 e. The molecule has 5 nitrogen and oxygen atoms in total. The zero-order valence-electron chi connectivity index (χ0n) is 10.6. The van der Waals surface area contributed by atoms with Gasteiger partial charge < -0.3 is 5.73 Å². The van der Waals surface area contributed by atoms with Crippen LogP contribution in [0.3, 0.4) is 0 Å². The highest BCUT2D eigenvalue weighted by Crippen LogP contribution is 2.18. The molecule has 0 radical (unpaired) electrons. The standard InChI is InChI=1S/C12H15N5.HI/c1-7-4-5-10-9(6-7)8(2)15-12(16-10)17-11(13)14-3;/h4-6H,1-3H3,(H3,13,14,15,16,17);1H. The van der Waals surface area contributed by atoms with Crippen molar-refractivity contribution in [2.45, 2.75) is 13.8 Å². The molecule has 18 heavy (non-hydrogen) atoms. The summed E-state index contributed by atoms with van der Waals surface area (Å²) in [7, 11) is 1.61. The van der Waals surface area contributed by atoms with Gasteiger partial charge in [-0.2, -0.15) is 0 Å². The number of benzene rings is 1. The van der Waals surface area contributed by atoms with Crippen LogP contribution < -0.4 is 11.1 Å². The number of aryl methyl sites for hydroxylation is 2. The first kappa shape index (κ1) is 14.6. The number of aromatic nitrogens is 2. The summed E-state index contributed by atoms with van der Waals surface area (Å²) in [6, 6.07) is 6.07. The van der Waals surface area contributed by atoms with Gasteiger partial charge in [0.05, 0.1) is 11.2 Å². The van der Waals surface area contributed by atoms with Crippen molar-refractivity contribution >= 4 is 46.8 Å². The number of rotatable bonds is 1. The quantitative estimate of drug-likeness (QED) is 0.466. The Bertz CT molecular complexity index is 594. The largest absolute Gasteiger partial charge is 0.370 e. The van der Waals surface area contributed by atoms with Gasteiger partial charge in [-0.15, -0.1) is 24.0 Å². The van der Waals surface area contributed by atoms with Crippen LogP contribution in [-0.2, 0) is 0 Å². The lowest BCUT2D eigenvalue weighted by molar-refractivity contribution is 1.15. The van der Waals surface area contributed by atoms with Gasteiger partial charge in [0.2, 0.25) is 5.95 Å². The Morgan fingerprint density at radius 3 is 2.67 bits per heavy atom. The number of hydrogen-bond donors (Lipinski definition) is 2. The van der Waals surface area contributed by atoms with Crippen molar-refractivity contribution < 1.29 is 0 Å². The molecule has 1 heterocycles. The fourth-order valence-electron chi connectivity index (χ4n) is 1.62. The molecule has 0 aliphatic carbocycles. The van der Waals surface area contributed by atoms with E-state index < -0.39 is 0 Å². The molecule has 1 aromatic heterocycles. The number of hydrogen-bond acceptors (Lipinski definition) is 3. The van der Waals surface area contributed by atoms with Crippen LogP contribution in [0.15, 0.2) is 23.2 Å². The summed E-state index contributed by atoms with van der Waals surface area (Å²) >= 11 is 0. The highest BCUT2D eigenvalue weighted by molar-refractivity contribution is 14.0. The number of nitrogens with zero attached hydrogens (tertiary/aromatic N) is 3. The zero-order valence-corrected chi connectivity index (χ0v) is 12.9. The second kappa shape index (κ2) is 5.94. The monoisotopic (exact) mass is 357 g/mol. The van der Waals surface area contributed by atoms with E-state index in [1.165, 1.54) is 5.56 Å². The van der Waals surface area contributed by atoms with Crippen LogP contribution in [0.2, 0.25) is 0 Å². The van der Waals surface area contributed by atoms with Crippen molar-refractivity contribution in [2.75, 3.05) is 12.4 Å². The molecule has 0 unspecified atom stereocenters. The average Bonchev–Trinajstić information content (AvgIpc) is 2.30. The van der Waals surface area contributed by atoms with Gasteiger partial charge in [0.25, 0.3) is 0 Å². The third-order valence-electron chi connectivity index (χ3n) is 2.52. The summed E-state index contributed by atoms with van der Waals surface area (Å²) in [6.45, 7) is 4.00. The highest BCUT2D eigenvalue weighted by Gasteiger charge is 2.05. The van der Waals surface area contributed by atoms with Gasteiger partial charge >= 0.3 is 0 Å². The third kappa shape index (κ3) is 3.06. The fourth-order valence-corrected chi connectivity index (χ4v) is 1.62. The first-order valence-corrected chi connectivity index (χ1v) is 5.34. The topological polar surface area (TPSA) is 76.2 Å². The second-order valence-electron chi connectivity index (χ2n) is 3.89. The number of nitrogens with one attached hydrogen (secondary N) is 1. The molecular formula is C12H16IN5. The SMILES string of the molecule is CN=C(N)Nc1nc(C)c2cc(C)ccc2n1.I. The Hall–Kier alpha value is -1.44. The summed E-state index contributed by atoms with van der Waals surface area (Å²) in [5, 5.41) is 3.90. The maximum Gasteiger partial charge on any atom is 0.230 e. The third-order valence-corrected chi connectivity index (χ3v) is 2.52. The van der Waals surface area contributed by atoms with Crippen LogP contribution in [-0.4, -0.2) is 23.0 Å². The summed E-state index contributed by atoms with van der Waals surface area (Å²) < 4.78 is 0.